The first kappa shape index (κ1) is 14.8. The standard InChI is InChI=1S/C20H19N3O/c1-2-10-21-18(5-1)8-7-16-4-3-6-19(14-16)23-12-11-22-20(23)17-9-13-24-15-17/h1-8,10-12,14,17H,9,13,15H2. The molecule has 0 saturated carbocycles. The number of hydrogen-bond donors (Lipinski definition) is 0. The van der Waals surface area contributed by atoms with E-state index in [1.807, 2.05) is 36.7 Å². The first-order valence-electron chi connectivity index (χ1n) is 8.21. The van der Waals surface area contributed by atoms with Crippen LogP contribution in [-0.4, -0.2) is 27.7 Å². The van der Waals surface area contributed by atoms with Crippen LogP contribution in [0.1, 0.15) is 29.4 Å². The Kier molecular flexibility index (Phi) is 4.21. The van der Waals surface area contributed by atoms with E-state index in [0.717, 1.165) is 42.4 Å². The van der Waals surface area contributed by atoms with Gasteiger partial charge < -0.3 is 9.30 Å². The highest BCUT2D eigenvalue weighted by molar-refractivity contribution is 5.69. The van der Waals surface area contributed by atoms with Crippen LogP contribution in [0, 0.1) is 0 Å². The summed E-state index contributed by atoms with van der Waals surface area (Å²) < 4.78 is 7.68. The second kappa shape index (κ2) is 6.81. The Bertz CT molecular complexity index is 833. The monoisotopic (exact) mass is 317 g/mol. The van der Waals surface area contributed by atoms with Crippen molar-refractivity contribution in [2.45, 2.75) is 12.3 Å². The van der Waals surface area contributed by atoms with Gasteiger partial charge in [0.05, 0.1) is 12.3 Å². The van der Waals surface area contributed by atoms with E-state index in [1.165, 1.54) is 0 Å². The molecule has 0 spiro atoms. The third-order valence-corrected chi connectivity index (χ3v) is 4.25. The fourth-order valence-corrected chi connectivity index (χ4v) is 3.01. The van der Waals surface area contributed by atoms with E-state index >= 15 is 0 Å². The lowest BCUT2D eigenvalue weighted by atomic mass is 10.1. The predicted octanol–water partition coefficient (Wildman–Crippen LogP) is 3.94. The summed E-state index contributed by atoms with van der Waals surface area (Å²) in [6.45, 7) is 1.58. The summed E-state index contributed by atoms with van der Waals surface area (Å²) in [5.74, 6) is 1.46. The van der Waals surface area contributed by atoms with Crippen molar-refractivity contribution in [3.05, 3.63) is 78.1 Å². The van der Waals surface area contributed by atoms with E-state index in [1.54, 1.807) is 6.20 Å². The van der Waals surface area contributed by atoms with Crippen LogP contribution < -0.4 is 0 Å². The Morgan fingerprint density at radius 1 is 1.04 bits per heavy atom. The zero-order chi connectivity index (χ0) is 16.2. The van der Waals surface area contributed by atoms with Gasteiger partial charge in [-0.25, -0.2) is 4.98 Å². The van der Waals surface area contributed by atoms with Gasteiger partial charge in [0.25, 0.3) is 0 Å². The summed E-state index contributed by atoms with van der Waals surface area (Å²) in [6.07, 6.45) is 10.8. The molecule has 2 aromatic heterocycles. The van der Waals surface area contributed by atoms with Crippen molar-refractivity contribution in [3.63, 3.8) is 0 Å². The Labute approximate surface area is 141 Å². The number of ether oxygens (including phenoxy) is 1. The minimum Gasteiger partial charge on any atom is -0.381 e. The van der Waals surface area contributed by atoms with Gasteiger partial charge >= 0.3 is 0 Å². The van der Waals surface area contributed by atoms with Crippen molar-refractivity contribution >= 4 is 12.2 Å². The molecular weight excluding hydrogens is 298 g/mol. The minimum absolute atomic E-state index is 0.382. The molecule has 1 aromatic carbocycles. The molecule has 0 amide bonds. The van der Waals surface area contributed by atoms with Gasteiger partial charge in [-0.05, 0) is 42.3 Å². The van der Waals surface area contributed by atoms with Gasteiger partial charge in [-0.2, -0.15) is 0 Å². The van der Waals surface area contributed by atoms with E-state index in [9.17, 15) is 0 Å². The molecule has 120 valence electrons. The van der Waals surface area contributed by atoms with Gasteiger partial charge in [0.1, 0.15) is 5.82 Å². The maximum atomic E-state index is 5.51. The third-order valence-electron chi connectivity index (χ3n) is 4.25. The number of imidazole rings is 1. The number of hydrogen-bond acceptors (Lipinski definition) is 3. The van der Waals surface area contributed by atoms with Crippen molar-refractivity contribution in [1.82, 2.24) is 14.5 Å². The zero-order valence-electron chi connectivity index (χ0n) is 13.4. The lowest BCUT2D eigenvalue weighted by molar-refractivity contribution is 0.193. The fourth-order valence-electron chi connectivity index (χ4n) is 3.01. The first-order chi connectivity index (χ1) is 11.9. The average Bonchev–Trinajstić information content (AvgIpc) is 3.32. The molecule has 4 heteroatoms. The van der Waals surface area contributed by atoms with Crippen LogP contribution in [0.25, 0.3) is 17.8 Å². The van der Waals surface area contributed by atoms with Crippen molar-refractivity contribution in [2.75, 3.05) is 13.2 Å². The molecule has 4 nitrogen and oxygen atoms in total. The first-order valence-corrected chi connectivity index (χ1v) is 8.21. The molecule has 1 atom stereocenters. The lowest BCUT2D eigenvalue weighted by Gasteiger charge is -2.12. The molecule has 1 aliphatic rings. The van der Waals surface area contributed by atoms with E-state index in [-0.39, 0.29) is 0 Å². The summed E-state index contributed by atoms with van der Waals surface area (Å²) >= 11 is 0. The molecule has 1 unspecified atom stereocenters. The van der Waals surface area contributed by atoms with Crippen molar-refractivity contribution in [1.29, 1.82) is 0 Å². The van der Waals surface area contributed by atoms with Crippen LogP contribution >= 0.6 is 0 Å². The molecule has 1 fully saturated rings. The van der Waals surface area contributed by atoms with E-state index in [2.05, 4.69) is 44.9 Å². The normalized spacial score (nSPS) is 17.6. The van der Waals surface area contributed by atoms with Crippen LogP contribution in [-0.2, 0) is 4.74 Å². The van der Waals surface area contributed by atoms with E-state index in [0.29, 0.717) is 5.92 Å². The average molecular weight is 317 g/mol. The zero-order valence-corrected chi connectivity index (χ0v) is 13.4. The van der Waals surface area contributed by atoms with E-state index in [4.69, 9.17) is 4.74 Å². The molecule has 3 heterocycles. The molecule has 0 N–H and O–H groups in total. The largest absolute Gasteiger partial charge is 0.381 e. The molecular formula is C20H19N3O. The lowest BCUT2D eigenvalue weighted by Crippen LogP contribution is -2.07. The SMILES string of the molecule is C(=Cc1ccccn1)c1cccc(-n2ccnc2C2CCOC2)c1. The summed E-state index contributed by atoms with van der Waals surface area (Å²) in [5, 5.41) is 0. The van der Waals surface area contributed by atoms with Gasteiger partial charge in [-0.3, -0.25) is 4.98 Å². The molecule has 1 aliphatic heterocycles. The second-order valence-electron chi connectivity index (χ2n) is 5.90. The smallest absolute Gasteiger partial charge is 0.118 e. The van der Waals surface area contributed by atoms with Crippen LogP contribution in [0.4, 0.5) is 0 Å². The molecule has 0 bridgehead atoms. The van der Waals surface area contributed by atoms with E-state index < -0.39 is 0 Å². The van der Waals surface area contributed by atoms with Crippen LogP contribution in [0.2, 0.25) is 0 Å². The number of benzene rings is 1. The van der Waals surface area contributed by atoms with Crippen molar-refractivity contribution in [2.24, 2.45) is 0 Å². The number of rotatable bonds is 4. The second-order valence-corrected chi connectivity index (χ2v) is 5.90. The van der Waals surface area contributed by atoms with Crippen molar-refractivity contribution < 1.29 is 4.74 Å². The van der Waals surface area contributed by atoms with Gasteiger partial charge in [0.15, 0.2) is 0 Å². The maximum Gasteiger partial charge on any atom is 0.118 e. The van der Waals surface area contributed by atoms with Gasteiger partial charge in [0.2, 0.25) is 0 Å². The Morgan fingerprint density at radius 2 is 2.04 bits per heavy atom. The highest BCUT2D eigenvalue weighted by Crippen LogP contribution is 2.26. The molecule has 3 aromatic rings. The number of nitrogens with zero attached hydrogens (tertiary/aromatic N) is 3. The summed E-state index contributed by atoms with van der Waals surface area (Å²) in [5.41, 5.74) is 3.22. The molecule has 4 rings (SSSR count). The minimum atomic E-state index is 0.382. The number of pyridine rings is 1. The molecule has 0 radical (unpaired) electrons. The van der Waals surface area contributed by atoms with Gasteiger partial charge in [-0.15, -0.1) is 0 Å². The fraction of sp³-hybridized carbons (Fsp3) is 0.200. The number of aromatic nitrogens is 3. The van der Waals surface area contributed by atoms with Crippen LogP contribution in [0.5, 0.6) is 0 Å². The van der Waals surface area contributed by atoms with Crippen LogP contribution in [0.3, 0.4) is 0 Å². The van der Waals surface area contributed by atoms with Gasteiger partial charge in [0, 0.05) is 36.8 Å². The Morgan fingerprint density at radius 3 is 2.88 bits per heavy atom. The highest BCUT2D eigenvalue weighted by atomic mass is 16.5. The quantitative estimate of drug-likeness (QED) is 0.731. The molecule has 1 saturated heterocycles. The topological polar surface area (TPSA) is 39.9 Å². The predicted molar refractivity (Wildman–Crippen MR) is 94.9 cm³/mol. The van der Waals surface area contributed by atoms with Gasteiger partial charge in [-0.1, -0.05) is 24.3 Å². The van der Waals surface area contributed by atoms with Crippen molar-refractivity contribution in [3.8, 4) is 5.69 Å². The third kappa shape index (κ3) is 3.14. The molecule has 24 heavy (non-hydrogen) atoms. The Balaban J connectivity index is 1.61. The Hall–Kier alpha value is -2.72. The summed E-state index contributed by atoms with van der Waals surface area (Å²) in [7, 11) is 0. The molecule has 0 aliphatic carbocycles. The highest BCUT2D eigenvalue weighted by Gasteiger charge is 2.22. The maximum absolute atomic E-state index is 5.51. The summed E-state index contributed by atoms with van der Waals surface area (Å²) in [4.78, 5) is 8.87. The summed E-state index contributed by atoms with van der Waals surface area (Å²) in [6, 6.07) is 14.4. The van der Waals surface area contributed by atoms with Crippen LogP contribution in [0.15, 0.2) is 61.1 Å².